The van der Waals surface area contributed by atoms with E-state index in [0.29, 0.717) is 36.3 Å². The van der Waals surface area contributed by atoms with Crippen LogP contribution in [0.1, 0.15) is 103 Å². The zero-order valence-electron chi connectivity index (χ0n) is 18.4. The first-order valence-electron chi connectivity index (χ1n) is 11.4. The van der Waals surface area contributed by atoms with Gasteiger partial charge >= 0.3 is 11.9 Å². The molecule has 1 unspecified atom stereocenters. The molecule has 1 saturated heterocycles. The Morgan fingerprint density at radius 1 is 1.07 bits per heavy atom. The van der Waals surface area contributed by atoms with E-state index in [0.717, 1.165) is 57.8 Å². The average Bonchev–Trinajstić information content (AvgIpc) is 2.76. The number of carboxylic acid groups (broad SMARTS) is 1. The van der Waals surface area contributed by atoms with E-state index >= 15 is 0 Å². The van der Waals surface area contributed by atoms with Crippen molar-refractivity contribution in [2.45, 2.75) is 91.0 Å². The van der Waals surface area contributed by atoms with Crippen LogP contribution >= 0.6 is 0 Å². The van der Waals surface area contributed by atoms with Gasteiger partial charge in [0.15, 0.2) is 6.29 Å². The summed E-state index contributed by atoms with van der Waals surface area (Å²) in [4.78, 5) is 24.8. The van der Waals surface area contributed by atoms with E-state index in [1.165, 1.54) is 0 Å². The van der Waals surface area contributed by atoms with Gasteiger partial charge < -0.3 is 19.3 Å². The highest BCUT2D eigenvalue weighted by Gasteiger charge is 2.22. The standard InChI is InChI=1S/C24H36O6/c1-3-5-7-11-19-20(23(25)26)15-18(17-30-22-12-8-10-13-28-22)16-21(19)24(27)29-14-9-6-4-2/h15-16,22H,3-14,17H2,1-2H3,(H,25,26). The van der Waals surface area contributed by atoms with Crippen molar-refractivity contribution in [2.75, 3.05) is 13.2 Å². The minimum atomic E-state index is -1.03. The molecule has 0 aliphatic carbocycles. The fourth-order valence-electron chi connectivity index (χ4n) is 3.64. The van der Waals surface area contributed by atoms with E-state index in [4.69, 9.17) is 14.2 Å². The summed E-state index contributed by atoms with van der Waals surface area (Å²) in [5, 5.41) is 9.80. The predicted octanol–water partition coefficient (Wildman–Crippen LogP) is 5.51. The lowest BCUT2D eigenvalue weighted by Gasteiger charge is -2.23. The molecule has 30 heavy (non-hydrogen) atoms. The van der Waals surface area contributed by atoms with Crippen LogP contribution in [0.2, 0.25) is 0 Å². The van der Waals surface area contributed by atoms with Crippen LogP contribution in [0.4, 0.5) is 0 Å². The molecule has 2 rings (SSSR count). The van der Waals surface area contributed by atoms with Gasteiger partial charge in [-0.25, -0.2) is 9.59 Å². The molecule has 1 atom stereocenters. The summed E-state index contributed by atoms with van der Waals surface area (Å²) in [5.74, 6) is -1.48. The Balaban J connectivity index is 2.23. The van der Waals surface area contributed by atoms with Crippen LogP contribution in [0, 0.1) is 0 Å². The SMILES string of the molecule is CCCCCOC(=O)c1cc(COC2CCCCO2)cc(C(=O)O)c1CCCCC. The number of carbonyl (C=O) groups is 2. The number of hydrogen-bond acceptors (Lipinski definition) is 5. The van der Waals surface area contributed by atoms with Crippen molar-refractivity contribution in [3.8, 4) is 0 Å². The Morgan fingerprint density at radius 2 is 1.80 bits per heavy atom. The van der Waals surface area contributed by atoms with Gasteiger partial charge in [-0.15, -0.1) is 0 Å². The Kier molecular flexibility index (Phi) is 10.9. The Hall–Kier alpha value is -1.92. The number of esters is 1. The molecule has 1 heterocycles. The molecule has 0 bridgehead atoms. The summed E-state index contributed by atoms with van der Waals surface area (Å²) >= 11 is 0. The van der Waals surface area contributed by atoms with E-state index in [-0.39, 0.29) is 18.5 Å². The maximum atomic E-state index is 12.8. The number of ether oxygens (including phenoxy) is 3. The van der Waals surface area contributed by atoms with Crippen LogP contribution in [0.25, 0.3) is 0 Å². The predicted molar refractivity (Wildman–Crippen MR) is 115 cm³/mol. The molecule has 0 amide bonds. The van der Waals surface area contributed by atoms with Crippen LogP contribution in [0.5, 0.6) is 0 Å². The van der Waals surface area contributed by atoms with Gasteiger partial charge in [0.25, 0.3) is 0 Å². The van der Waals surface area contributed by atoms with E-state index in [2.05, 4.69) is 13.8 Å². The first kappa shape index (κ1) is 24.4. The largest absolute Gasteiger partial charge is 0.478 e. The summed E-state index contributed by atoms with van der Waals surface area (Å²) in [6.07, 6.45) is 8.85. The number of carboxylic acids is 1. The molecule has 1 fully saturated rings. The van der Waals surface area contributed by atoms with Gasteiger partial charge in [-0.3, -0.25) is 0 Å². The first-order valence-corrected chi connectivity index (χ1v) is 11.4. The topological polar surface area (TPSA) is 82.1 Å². The van der Waals surface area contributed by atoms with Crippen LogP contribution in [0.15, 0.2) is 12.1 Å². The lowest BCUT2D eigenvalue weighted by Crippen LogP contribution is -2.22. The molecular weight excluding hydrogens is 384 g/mol. The Morgan fingerprint density at radius 3 is 2.47 bits per heavy atom. The van der Waals surface area contributed by atoms with Crippen LogP contribution in [-0.2, 0) is 27.2 Å². The van der Waals surface area contributed by atoms with Gasteiger partial charge in [-0.05, 0) is 61.8 Å². The normalized spacial score (nSPS) is 16.4. The molecule has 0 aromatic heterocycles. The highest BCUT2D eigenvalue weighted by molar-refractivity contribution is 5.97. The minimum absolute atomic E-state index is 0.164. The van der Waals surface area contributed by atoms with Crippen molar-refractivity contribution in [1.29, 1.82) is 0 Å². The Bertz CT molecular complexity index is 679. The van der Waals surface area contributed by atoms with Crippen molar-refractivity contribution in [2.24, 2.45) is 0 Å². The maximum absolute atomic E-state index is 12.8. The van der Waals surface area contributed by atoms with Crippen molar-refractivity contribution < 1.29 is 28.9 Å². The van der Waals surface area contributed by atoms with E-state index in [1.807, 2.05) is 0 Å². The Labute approximate surface area is 179 Å². The fraction of sp³-hybridized carbons (Fsp3) is 0.667. The smallest absolute Gasteiger partial charge is 0.338 e. The van der Waals surface area contributed by atoms with Crippen molar-refractivity contribution in [1.82, 2.24) is 0 Å². The van der Waals surface area contributed by atoms with Crippen LogP contribution in [0.3, 0.4) is 0 Å². The summed E-state index contributed by atoms with van der Waals surface area (Å²) in [5.41, 5.74) is 1.73. The molecule has 6 heteroatoms. The second-order valence-electron chi connectivity index (χ2n) is 7.88. The summed E-state index contributed by atoms with van der Waals surface area (Å²) < 4.78 is 16.9. The molecular formula is C24H36O6. The van der Waals surface area contributed by atoms with E-state index < -0.39 is 11.9 Å². The summed E-state index contributed by atoms with van der Waals surface area (Å²) in [6, 6.07) is 3.36. The van der Waals surface area contributed by atoms with Gasteiger partial charge in [-0.1, -0.05) is 39.5 Å². The third-order valence-electron chi connectivity index (χ3n) is 5.35. The quantitative estimate of drug-likeness (QED) is 0.335. The minimum Gasteiger partial charge on any atom is -0.478 e. The summed E-state index contributed by atoms with van der Waals surface area (Å²) in [6.45, 7) is 5.41. The molecule has 6 nitrogen and oxygen atoms in total. The second kappa shape index (κ2) is 13.4. The van der Waals surface area contributed by atoms with Crippen molar-refractivity contribution >= 4 is 11.9 Å². The molecule has 1 aliphatic heterocycles. The highest BCUT2D eigenvalue weighted by atomic mass is 16.7. The van der Waals surface area contributed by atoms with Crippen molar-refractivity contribution in [3.63, 3.8) is 0 Å². The molecule has 0 radical (unpaired) electrons. The van der Waals surface area contributed by atoms with Crippen LogP contribution in [-0.4, -0.2) is 36.5 Å². The third-order valence-corrected chi connectivity index (χ3v) is 5.35. The average molecular weight is 421 g/mol. The highest BCUT2D eigenvalue weighted by Crippen LogP contribution is 2.24. The van der Waals surface area contributed by atoms with Crippen LogP contribution < -0.4 is 0 Å². The maximum Gasteiger partial charge on any atom is 0.338 e. The van der Waals surface area contributed by atoms with Gasteiger partial charge in [0.1, 0.15) is 0 Å². The number of carbonyl (C=O) groups excluding carboxylic acids is 1. The number of hydrogen-bond donors (Lipinski definition) is 1. The van der Waals surface area contributed by atoms with Gasteiger partial charge in [-0.2, -0.15) is 0 Å². The van der Waals surface area contributed by atoms with Crippen molar-refractivity contribution in [3.05, 3.63) is 34.4 Å². The molecule has 1 aromatic rings. The fourth-order valence-corrected chi connectivity index (χ4v) is 3.64. The number of aromatic carboxylic acids is 1. The number of unbranched alkanes of at least 4 members (excludes halogenated alkanes) is 4. The number of rotatable bonds is 13. The van der Waals surface area contributed by atoms with Gasteiger partial charge in [0.05, 0.1) is 24.3 Å². The van der Waals surface area contributed by atoms with Gasteiger partial charge in [0, 0.05) is 6.61 Å². The molecule has 0 saturated carbocycles. The third kappa shape index (κ3) is 7.73. The monoisotopic (exact) mass is 420 g/mol. The zero-order valence-corrected chi connectivity index (χ0v) is 18.4. The molecule has 1 N–H and O–H groups in total. The number of benzene rings is 1. The first-order chi connectivity index (χ1) is 14.6. The van der Waals surface area contributed by atoms with E-state index in [9.17, 15) is 14.7 Å². The lowest BCUT2D eigenvalue weighted by molar-refractivity contribution is -0.168. The second-order valence-corrected chi connectivity index (χ2v) is 7.88. The summed E-state index contributed by atoms with van der Waals surface area (Å²) in [7, 11) is 0. The zero-order chi connectivity index (χ0) is 21.8. The molecule has 1 aliphatic rings. The molecule has 168 valence electrons. The molecule has 1 aromatic carbocycles. The molecule has 0 spiro atoms. The van der Waals surface area contributed by atoms with E-state index in [1.54, 1.807) is 12.1 Å². The van der Waals surface area contributed by atoms with Gasteiger partial charge in [0.2, 0.25) is 0 Å². The lowest BCUT2D eigenvalue weighted by atomic mass is 9.93.